The monoisotopic (exact) mass is 371 g/mol. The van der Waals surface area contributed by atoms with Crippen molar-refractivity contribution in [3.8, 4) is 0 Å². The first kappa shape index (κ1) is 18.9. The van der Waals surface area contributed by atoms with Gasteiger partial charge in [-0.3, -0.25) is 14.6 Å². The number of benzene rings is 1. The molecule has 0 spiro atoms. The van der Waals surface area contributed by atoms with Gasteiger partial charge in [0.1, 0.15) is 6.10 Å². The molecule has 0 aliphatic carbocycles. The fourth-order valence-corrected chi connectivity index (χ4v) is 4.78. The highest BCUT2D eigenvalue weighted by Crippen LogP contribution is 2.21. The van der Waals surface area contributed by atoms with E-state index in [4.69, 9.17) is 4.74 Å². The lowest BCUT2D eigenvalue weighted by atomic mass is 10.0. The summed E-state index contributed by atoms with van der Waals surface area (Å²) in [5.41, 5.74) is 1.41. The lowest BCUT2D eigenvalue weighted by molar-refractivity contribution is -0.140. The second kappa shape index (κ2) is 9.18. The summed E-state index contributed by atoms with van der Waals surface area (Å²) >= 11 is 0. The van der Waals surface area contributed by atoms with Crippen molar-refractivity contribution in [2.75, 3.05) is 45.9 Å². The van der Waals surface area contributed by atoms with E-state index in [9.17, 15) is 4.79 Å². The van der Waals surface area contributed by atoms with E-state index in [1.165, 1.54) is 31.5 Å². The van der Waals surface area contributed by atoms with Crippen molar-refractivity contribution in [3.63, 3.8) is 0 Å². The molecule has 3 heterocycles. The van der Waals surface area contributed by atoms with E-state index >= 15 is 0 Å². The van der Waals surface area contributed by atoms with Gasteiger partial charge < -0.3 is 9.64 Å². The molecule has 3 saturated heterocycles. The molecule has 3 aliphatic heterocycles. The molecule has 0 N–H and O–H groups in total. The summed E-state index contributed by atoms with van der Waals surface area (Å²) in [5, 5.41) is 0. The van der Waals surface area contributed by atoms with Crippen LogP contribution in [0.5, 0.6) is 0 Å². The number of likely N-dealkylation sites (tertiary alicyclic amines) is 1. The van der Waals surface area contributed by atoms with E-state index in [1.807, 2.05) is 0 Å². The average molecular weight is 372 g/mol. The van der Waals surface area contributed by atoms with Gasteiger partial charge in [0, 0.05) is 45.4 Å². The van der Waals surface area contributed by atoms with E-state index in [1.54, 1.807) is 0 Å². The van der Waals surface area contributed by atoms with Crippen molar-refractivity contribution in [2.45, 2.75) is 50.8 Å². The predicted molar refractivity (Wildman–Crippen MR) is 106 cm³/mol. The van der Waals surface area contributed by atoms with Crippen molar-refractivity contribution in [2.24, 2.45) is 0 Å². The topological polar surface area (TPSA) is 36.0 Å². The van der Waals surface area contributed by atoms with Gasteiger partial charge in [-0.15, -0.1) is 0 Å². The minimum Gasteiger partial charge on any atom is -0.368 e. The number of ether oxygens (including phenoxy) is 1. The number of piperidine rings is 1. The first-order valence-electron chi connectivity index (χ1n) is 10.7. The first-order chi connectivity index (χ1) is 13.3. The van der Waals surface area contributed by atoms with Crippen LogP contribution >= 0.6 is 0 Å². The van der Waals surface area contributed by atoms with Crippen LogP contribution in [0.15, 0.2) is 30.3 Å². The zero-order chi connectivity index (χ0) is 18.5. The highest BCUT2D eigenvalue weighted by Gasteiger charge is 2.31. The molecule has 3 aliphatic rings. The zero-order valence-corrected chi connectivity index (χ0v) is 16.4. The van der Waals surface area contributed by atoms with Crippen LogP contribution in [0.4, 0.5) is 0 Å². The maximum absolute atomic E-state index is 12.6. The van der Waals surface area contributed by atoms with Gasteiger partial charge in [-0.2, -0.15) is 0 Å². The largest absolute Gasteiger partial charge is 0.368 e. The smallest absolute Gasteiger partial charge is 0.251 e. The Hall–Kier alpha value is -1.43. The van der Waals surface area contributed by atoms with Gasteiger partial charge >= 0.3 is 0 Å². The van der Waals surface area contributed by atoms with E-state index in [-0.39, 0.29) is 12.0 Å². The Labute approximate surface area is 163 Å². The summed E-state index contributed by atoms with van der Waals surface area (Å²) in [6.07, 6.45) is 5.33. The standard InChI is InChI=1S/C22H33N3O2/c26-22(21-8-4-17-27-21)25-12-5-11-24(15-16-25)20-9-13-23(14-10-20)18-19-6-2-1-3-7-19/h1-3,6-7,20-21H,4-5,8-18H2/t21-/m1/s1. The van der Waals surface area contributed by atoms with E-state index in [2.05, 4.69) is 45.0 Å². The molecule has 0 unspecified atom stereocenters. The third-order valence-corrected chi connectivity index (χ3v) is 6.37. The molecule has 1 aromatic rings. The number of rotatable bonds is 4. The van der Waals surface area contributed by atoms with Gasteiger partial charge in [0.05, 0.1) is 0 Å². The fraction of sp³-hybridized carbons (Fsp3) is 0.682. The number of carbonyl (C=O) groups excluding carboxylic acids is 1. The molecule has 0 radical (unpaired) electrons. The Morgan fingerprint density at radius 1 is 0.926 bits per heavy atom. The third-order valence-electron chi connectivity index (χ3n) is 6.37. The maximum Gasteiger partial charge on any atom is 0.251 e. The number of hydrogen-bond acceptors (Lipinski definition) is 4. The summed E-state index contributed by atoms with van der Waals surface area (Å²) in [5.74, 6) is 0.229. The molecule has 0 aromatic heterocycles. The molecule has 0 bridgehead atoms. The van der Waals surface area contributed by atoms with Crippen molar-refractivity contribution in [3.05, 3.63) is 35.9 Å². The second-order valence-electron chi connectivity index (χ2n) is 8.21. The minimum absolute atomic E-state index is 0.169. The molecule has 1 amide bonds. The minimum atomic E-state index is -0.169. The first-order valence-corrected chi connectivity index (χ1v) is 10.7. The van der Waals surface area contributed by atoms with E-state index in [0.717, 1.165) is 58.6 Å². The average Bonchev–Trinajstić information content (AvgIpc) is 3.14. The van der Waals surface area contributed by atoms with Crippen molar-refractivity contribution >= 4 is 5.91 Å². The lowest BCUT2D eigenvalue weighted by Crippen LogP contribution is -2.46. The molecule has 5 heteroatoms. The molecule has 1 aromatic carbocycles. The van der Waals surface area contributed by atoms with Crippen LogP contribution in [0.2, 0.25) is 0 Å². The summed E-state index contributed by atoms with van der Waals surface area (Å²) in [4.78, 5) is 19.9. The van der Waals surface area contributed by atoms with Crippen LogP contribution in [0, 0.1) is 0 Å². The molecule has 27 heavy (non-hydrogen) atoms. The molecule has 1 atom stereocenters. The summed E-state index contributed by atoms with van der Waals surface area (Å²) < 4.78 is 5.60. The molecule has 5 nitrogen and oxygen atoms in total. The fourth-order valence-electron chi connectivity index (χ4n) is 4.78. The van der Waals surface area contributed by atoms with Crippen LogP contribution in [-0.4, -0.2) is 78.6 Å². The SMILES string of the molecule is O=C([C@H]1CCCO1)N1CCCN(C2CCN(Cc3ccccc3)CC2)CC1. The van der Waals surface area contributed by atoms with Crippen LogP contribution in [0.25, 0.3) is 0 Å². The molecule has 3 fully saturated rings. The van der Waals surface area contributed by atoms with Crippen LogP contribution in [0.1, 0.15) is 37.7 Å². The Bertz CT molecular complexity index is 595. The van der Waals surface area contributed by atoms with Gasteiger partial charge in [-0.1, -0.05) is 30.3 Å². The lowest BCUT2D eigenvalue weighted by Gasteiger charge is -2.38. The van der Waals surface area contributed by atoms with Gasteiger partial charge in [-0.25, -0.2) is 0 Å². The number of amides is 1. The molecular weight excluding hydrogens is 338 g/mol. The Morgan fingerprint density at radius 2 is 1.74 bits per heavy atom. The van der Waals surface area contributed by atoms with Crippen LogP contribution in [-0.2, 0) is 16.1 Å². The highest BCUT2D eigenvalue weighted by molar-refractivity contribution is 5.81. The highest BCUT2D eigenvalue weighted by atomic mass is 16.5. The van der Waals surface area contributed by atoms with Crippen molar-refractivity contribution in [1.29, 1.82) is 0 Å². The van der Waals surface area contributed by atoms with Gasteiger partial charge in [0.25, 0.3) is 5.91 Å². The van der Waals surface area contributed by atoms with Crippen molar-refractivity contribution < 1.29 is 9.53 Å². The predicted octanol–water partition coefficient (Wildman–Crippen LogP) is 2.36. The van der Waals surface area contributed by atoms with Crippen LogP contribution < -0.4 is 0 Å². The second-order valence-corrected chi connectivity index (χ2v) is 8.21. The molecule has 4 rings (SSSR count). The van der Waals surface area contributed by atoms with Crippen molar-refractivity contribution in [1.82, 2.24) is 14.7 Å². The number of nitrogens with zero attached hydrogens (tertiary/aromatic N) is 3. The molecule has 0 saturated carbocycles. The summed E-state index contributed by atoms with van der Waals surface area (Å²) in [7, 11) is 0. The third kappa shape index (κ3) is 4.89. The Kier molecular flexibility index (Phi) is 6.43. The zero-order valence-electron chi connectivity index (χ0n) is 16.4. The van der Waals surface area contributed by atoms with E-state index < -0.39 is 0 Å². The van der Waals surface area contributed by atoms with E-state index in [0.29, 0.717) is 6.04 Å². The Balaban J connectivity index is 1.23. The summed E-state index contributed by atoms with van der Waals surface area (Å²) in [6, 6.07) is 11.5. The Morgan fingerprint density at radius 3 is 2.48 bits per heavy atom. The number of hydrogen-bond donors (Lipinski definition) is 0. The normalized spacial score (nSPS) is 26.2. The summed E-state index contributed by atoms with van der Waals surface area (Å²) in [6.45, 7) is 8.06. The quantitative estimate of drug-likeness (QED) is 0.814. The number of carbonyl (C=O) groups is 1. The van der Waals surface area contributed by atoms with Crippen LogP contribution in [0.3, 0.4) is 0 Å². The van der Waals surface area contributed by atoms with Gasteiger partial charge in [0.15, 0.2) is 0 Å². The van der Waals surface area contributed by atoms with Gasteiger partial charge in [-0.05, 0) is 50.8 Å². The van der Waals surface area contributed by atoms with Gasteiger partial charge in [0.2, 0.25) is 0 Å². The molecular formula is C22H33N3O2. The molecule has 148 valence electrons. The maximum atomic E-state index is 12.6.